The fourth-order valence-corrected chi connectivity index (χ4v) is 6.50. The summed E-state index contributed by atoms with van der Waals surface area (Å²) in [5, 5.41) is 30.7. The average Bonchev–Trinajstić information content (AvgIpc) is 2.87. The second-order valence-electron chi connectivity index (χ2n) is 8.84. The molecule has 0 saturated heterocycles. The number of aliphatic carboxylic acids is 1. The number of halogens is 3. The van der Waals surface area contributed by atoms with Crippen LogP contribution in [0.15, 0.2) is 76.7 Å². The van der Waals surface area contributed by atoms with E-state index in [0.717, 1.165) is 23.2 Å². The monoisotopic (exact) mass is 919 g/mol. The maximum atomic E-state index is 10.5. The first-order valence-corrected chi connectivity index (χ1v) is 15.1. The van der Waals surface area contributed by atoms with Crippen LogP contribution >= 0.6 is 67.8 Å². The number of phenols is 2. The summed E-state index contributed by atoms with van der Waals surface area (Å²) >= 11 is 6.51. The predicted octanol–water partition coefficient (Wildman–Crippen LogP) is 7.61. The summed E-state index contributed by atoms with van der Waals surface area (Å²) in [6, 6.07) is 22.4. The minimum atomic E-state index is -0.833. The molecule has 40 heavy (non-hydrogen) atoms. The van der Waals surface area contributed by atoms with E-state index >= 15 is 0 Å². The molecular weight excluding hydrogens is 892 g/mol. The third-order valence-corrected chi connectivity index (χ3v) is 7.82. The number of carboxylic acid groups (broad SMARTS) is 1. The molecule has 0 saturated carbocycles. The number of hydrogen-bond acceptors (Lipinski definition) is 5. The van der Waals surface area contributed by atoms with Crippen LogP contribution in [0.1, 0.15) is 29.2 Å². The molecule has 0 aliphatic rings. The Kier molecular flexibility index (Phi) is 14.3. The molecule has 0 aliphatic carbocycles. The van der Waals surface area contributed by atoms with Crippen molar-refractivity contribution in [3.8, 4) is 11.5 Å². The van der Waals surface area contributed by atoms with Crippen LogP contribution in [-0.2, 0) is 28.0 Å². The molecule has 1 unspecified atom stereocenters. The van der Waals surface area contributed by atoms with Gasteiger partial charge in [-0.15, -0.1) is 0 Å². The van der Waals surface area contributed by atoms with Crippen LogP contribution in [0, 0.1) is 17.6 Å². The Hall–Kier alpha value is -1.75. The summed E-state index contributed by atoms with van der Waals surface area (Å²) in [6.45, 7) is 3.54. The Balaban J connectivity index is 0.00000105. The molecule has 10 heteroatoms. The van der Waals surface area contributed by atoms with Crippen molar-refractivity contribution in [3.05, 3.63) is 99.7 Å². The van der Waals surface area contributed by atoms with Gasteiger partial charge in [0.15, 0.2) is 0 Å². The van der Waals surface area contributed by atoms with Crippen LogP contribution in [0.2, 0.25) is 0 Å². The standard InChI is InChI=1S/C28H23I3N2O2.C2H4O2.Co/c1-17-8-21(27(34)25(30)9-17)14-32-16-24(33-15-22-12-23(29)13-26(31)28(22)35)11-18-6-7-19-4-2-3-5-20(19)10-18;1-2(3)4;/h2-10,12-15,24,34-35H,11,16H2,1H3;1H3,(H,3,4);. The van der Waals surface area contributed by atoms with Crippen molar-refractivity contribution >= 4 is 96.9 Å². The molecule has 211 valence electrons. The first-order valence-electron chi connectivity index (χ1n) is 11.9. The number of aliphatic imine (C=N–C) groups is 2. The number of fused-ring (bicyclic) bond motifs is 1. The molecule has 1 atom stereocenters. The molecule has 0 fully saturated rings. The molecule has 4 aromatic carbocycles. The van der Waals surface area contributed by atoms with E-state index in [2.05, 4.69) is 103 Å². The smallest absolute Gasteiger partial charge is 0.300 e. The zero-order valence-corrected chi connectivity index (χ0v) is 29.1. The Bertz CT molecular complexity index is 1540. The van der Waals surface area contributed by atoms with Gasteiger partial charge in [-0.3, -0.25) is 14.8 Å². The number of aromatic hydroxyl groups is 2. The Labute approximate surface area is 285 Å². The van der Waals surface area contributed by atoms with E-state index in [1.54, 1.807) is 12.4 Å². The van der Waals surface area contributed by atoms with Crippen molar-refractivity contribution in [1.29, 1.82) is 0 Å². The largest absolute Gasteiger partial charge is 0.506 e. The Morgan fingerprint density at radius 2 is 1.48 bits per heavy atom. The van der Waals surface area contributed by atoms with Gasteiger partial charge in [-0.1, -0.05) is 42.5 Å². The van der Waals surface area contributed by atoms with E-state index in [4.69, 9.17) is 14.9 Å². The van der Waals surface area contributed by atoms with E-state index in [1.807, 2.05) is 43.3 Å². The van der Waals surface area contributed by atoms with Crippen molar-refractivity contribution < 1.29 is 36.9 Å². The maximum Gasteiger partial charge on any atom is 0.300 e. The van der Waals surface area contributed by atoms with Crippen LogP contribution in [0.5, 0.6) is 11.5 Å². The molecule has 0 aliphatic heterocycles. The molecule has 4 rings (SSSR count). The number of rotatable bonds is 7. The normalized spacial score (nSPS) is 11.7. The summed E-state index contributed by atoms with van der Waals surface area (Å²) in [4.78, 5) is 18.5. The Morgan fingerprint density at radius 3 is 2.15 bits per heavy atom. The molecule has 0 bridgehead atoms. The summed E-state index contributed by atoms with van der Waals surface area (Å²) < 4.78 is 2.64. The second-order valence-corrected chi connectivity index (χ2v) is 12.4. The second kappa shape index (κ2) is 16.6. The topological polar surface area (TPSA) is 102 Å². The summed E-state index contributed by atoms with van der Waals surface area (Å²) in [5.74, 6) is -0.352. The fourth-order valence-electron chi connectivity index (χ4n) is 3.80. The number of aryl methyl sites for hydroxylation is 1. The van der Waals surface area contributed by atoms with E-state index in [1.165, 1.54) is 16.3 Å². The van der Waals surface area contributed by atoms with Gasteiger partial charge in [0.1, 0.15) is 11.5 Å². The van der Waals surface area contributed by atoms with Crippen molar-refractivity contribution in [1.82, 2.24) is 0 Å². The van der Waals surface area contributed by atoms with Gasteiger partial charge in [0.2, 0.25) is 0 Å². The van der Waals surface area contributed by atoms with E-state index in [9.17, 15) is 10.2 Å². The molecular formula is C30H27CoI3N2O4. The van der Waals surface area contributed by atoms with Gasteiger partial charge in [-0.2, -0.15) is 0 Å². The molecule has 0 spiro atoms. The number of carbonyl (C=O) groups is 1. The average molecular weight is 919 g/mol. The molecule has 6 nitrogen and oxygen atoms in total. The van der Waals surface area contributed by atoms with Crippen LogP contribution in [0.3, 0.4) is 0 Å². The van der Waals surface area contributed by atoms with Gasteiger partial charge in [-0.25, -0.2) is 0 Å². The van der Waals surface area contributed by atoms with Crippen LogP contribution in [-0.4, -0.2) is 46.3 Å². The molecule has 0 aromatic heterocycles. The number of nitrogens with zero attached hydrogens (tertiary/aromatic N) is 2. The number of phenolic OH excluding ortho intramolecular Hbond substituents is 2. The summed E-state index contributed by atoms with van der Waals surface area (Å²) in [5.41, 5.74) is 3.64. The third kappa shape index (κ3) is 10.6. The van der Waals surface area contributed by atoms with Gasteiger partial charge in [0, 0.05) is 50.8 Å². The first kappa shape index (κ1) is 34.4. The summed E-state index contributed by atoms with van der Waals surface area (Å²) in [7, 11) is 0. The zero-order valence-electron chi connectivity index (χ0n) is 21.6. The van der Waals surface area contributed by atoms with Crippen molar-refractivity contribution in [3.63, 3.8) is 0 Å². The number of carboxylic acids is 1. The maximum absolute atomic E-state index is 10.5. The van der Waals surface area contributed by atoms with Crippen molar-refractivity contribution in [2.75, 3.05) is 6.54 Å². The quantitative estimate of drug-likeness (QED) is 0.131. The van der Waals surface area contributed by atoms with Gasteiger partial charge < -0.3 is 15.3 Å². The van der Waals surface area contributed by atoms with Gasteiger partial charge in [0.25, 0.3) is 5.97 Å². The van der Waals surface area contributed by atoms with Crippen LogP contribution in [0.4, 0.5) is 0 Å². The summed E-state index contributed by atoms with van der Waals surface area (Å²) in [6.07, 6.45) is 4.17. The van der Waals surface area contributed by atoms with E-state index < -0.39 is 5.97 Å². The third-order valence-electron chi connectivity index (χ3n) is 5.55. The van der Waals surface area contributed by atoms with Gasteiger partial charge in [-0.05, 0) is 127 Å². The SMILES string of the molecule is CC(=O)O.Cc1cc(I)c(O)c(C=NCC(Cc2ccc3ccccc3c2)N=Cc2cc(I)cc(I)c2O)c1.[Co]. The van der Waals surface area contributed by atoms with Crippen LogP contribution in [0.25, 0.3) is 10.8 Å². The minimum Gasteiger partial charge on any atom is -0.506 e. The van der Waals surface area contributed by atoms with E-state index in [0.29, 0.717) is 24.1 Å². The van der Waals surface area contributed by atoms with Gasteiger partial charge >= 0.3 is 0 Å². The fraction of sp³-hybridized carbons (Fsp3) is 0.167. The number of benzene rings is 4. The molecule has 1 radical (unpaired) electrons. The van der Waals surface area contributed by atoms with Crippen molar-refractivity contribution in [2.24, 2.45) is 9.98 Å². The van der Waals surface area contributed by atoms with Crippen molar-refractivity contribution in [2.45, 2.75) is 26.3 Å². The minimum absolute atomic E-state index is 0. The van der Waals surface area contributed by atoms with Gasteiger partial charge in [0.05, 0.1) is 19.7 Å². The molecule has 3 N–H and O–H groups in total. The zero-order chi connectivity index (χ0) is 28.5. The predicted molar refractivity (Wildman–Crippen MR) is 184 cm³/mol. The molecule has 0 heterocycles. The Morgan fingerprint density at radius 1 is 0.875 bits per heavy atom. The number of hydrogen-bond donors (Lipinski definition) is 3. The first-order chi connectivity index (χ1) is 18.5. The molecule has 0 amide bonds. The van der Waals surface area contributed by atoms with Crippen LogP contribution < -0.4 is 0 Å². The van der Waals surface area contributed by atoms with E-state index in [-0.39, 0.29) is 34.3 Å². The molecule has 4 aromatic rings.